The third-order valence-corrected chi connectivity index (χ3v) is 3.48. The van der Waals surface area contributed by atoms with E-state index >= 15 is 0 Å². The Kier molecular flexibility index (Phi) is 4.48. The molecule has 4 heteroatoms. The van der Waals surface area contributed by atoms with E-state index in [4.69, 9.17) is 16.3 Å². The molecule has 0 amide bonds. The minimum Gasteiger partial charge on any atom is -0.493 e. The van der Waals surface area contributed by atoms with Gasteiger partial charge < -0.3 is 4.74 Å². The van der Waals surface area contributed by atoms with Crippen LogP contribution in [0.25, 0.3) is 0 Å². The number of benzene rings is 1. The summed E-state index contributed by atoms with van der Waals surface area (Å²) in [4.78, 5) is 0. The van der Waals surface area contributed by atoms with Gasteiger partial charge in [-0.25, -0.2) is 0 Å². The number of aromatic nitrogens is 2. The predicted molar refractivity (Wildman–Crippen MR) is 78.1 cm³/mol. The minimum absolute atomic E-state index is 0.701. The first-order valence-electron chi connectivity index (χ1n) is 6.47. The smallest absolute Gasteiger partial charge is 0.122 e. The Morgan fingerprint density at radius 1 is 1.26 bits per heavy atom. The zero-order chi connectivity index (χ0) is 13.8. The van der Waals surface area contributed by atoms with Crippen LogP contribution in [0.4, 0.5) is 0 Å². The molecule has 0 radical (unpaired) electrons. The van der Waals surface area contributed by atoms with E-state index in [0.29, 0.717) is 6.61 Å². The fourth-order valence-corrected chi connectivity index (χ4v) is 2.37. The van der Waals surface area contributed by atoms with Crippen LogP contribution in [0.2, 0.25) is 5.02 Å². The van der Waals surface area contributed by atoms with Crippen molar-refractivity contribution in [2.24, 2.45) is 0 Å². The highest BCUT2D eigenvalue weighted by Crippen LogP contribution is 2.22. The number of nitrogens with one attached hydrogen (secondary N) is 1. The molecule has 0 unspecified atom stereocenters. The van der Waals surface area contributed by atoms with E-state index in [1.54, 1.807) is 0 Å². The third kappa shape index (κ3) is 3.51. The van der Waals surface area contributed by atoms with Gasteiger partial charge in [-0.3, -0.25) is 5.10 Å². The lowest BCUT2D eigenvalue weighted by Crippen LogP contribution is -2.01. The Morgan fingerprint density at radius 2 is 2.05 bits per heavy atom. The third-order valence-electron chi connectivity index (χ3n) is 3.25. The second-order valence-electron chi connectivity index (χ2n) is 4.77. The average Bonchev–Trinajstić information content (AvgIpc) is 2.68. The lowest BCUT2D eigenvalue weighted by atomic mass is 10.1. The van der Waals surface area contributed by atoms with Crippen molar-refractivity contribution in [2.45, 2.75) is 33.6 Å². The zero-order valence-corrected chi connectivity index (χ0v) is 12.3. The maximum atomic E-state index is 5.91. The fourth-order valence-electron chi connectivity index (χ4n) is 2.15. The minimum atomic E-state index is 0.701. The van der Waals surface area contributed by atoms with Crippen LogP contribution in [0.5, 0.6) is 5.75 Å². The van der Waals surface area contributed by atoms with Gasteiger partial charge >= 0.3 is 0 Å². The quantitative estimate of drug-likeness (QED) is 0.840. The highest BCUT2D eigenvalue weighted by molar-refractivity contribution is 6.30. The molecule has 2 aromatic rings. The zero-order valence-electron chi connectivity index (χ0n) is 11.6. The van der Waals surface area contributed by atoms with E-state index in [1.807, 2.05) is 32.0 Å². The maximum Gasteiger partial charge on any atom is 0.122 e. The number of ether oxygens (including phenoxy) is 1. The van der Waals surface area contributed by atoms with Crippen molar-refractivity contribution < 1.29 is 4.74 Å². The molecule has 2 rings (SSSR count). The highest BCUT2D eigenvalue weighted by Gasteiger charge is 2.06. The van der Waals surface area contributed by atoms with Crippen LogP contribution < -0.4 is 4.74 Å². The number of halogens is 1. The topological polar surface area (TPSA) is 37.9 Å². The van der Waals surface area contributed by atoms with Crippen molar-refractivity contribution in [3.63, 3.8) is 0 Å². The van der Waals surface area contributed by atoms with Crippen LogP contribution in [0.3, 0.4) is 0 Å². The summed E-state index contributed by atoms with van der Waals surface area (Å²) in [5.74, 6) is 0.907. The molecule has 102 valence electrons. The van der Waals surface area contributed by atoms with Crippen LogP contribution in [-0.2, 0) is 6.42 Å². The van der Waals surface area contributed by atoms with E-state index in [2.05, 4.69) is 17.1 Å². The van der Waals surface area contributed by atoms with E-state index in [-0.39, 0.29) is 0 Å². The summed E-state index contributed by atoms with van der Waals surface area (Å²) in [5, 5.41) is 7.95. The molecule has 19 heavy (non-hydrogen) atoms. The molecule has 0 aliphatic heterocycles. The molecule has 0 aliphatic carbocycles. The lowest BCUT2D eigenvalue weighted by Gasteiger charge is -2.09. The number of H-pyrrole nitrogens is 1. The number of nitrogens with zero attached hydrogens (tertiary/aromatic N) is 1. The number of aromatic amines is 1. The second-order valence-corrected chi connectivity index (χ2v) is 5.21. The number of rotatable bonds is 5. The molecule has 0 fully saturated rings. The summed E-state index contributed by atoms with van der Waals surface area (Å²) in [6.45, 7) is 6.79. The summed E-state index contributed by atoms with van der Waals surface area (Å²) < 4.78 is 5.78. The predicted octanol–water partition coefficient (Wildman–Crippen LogP) is 4.00. The van der Waals surface area contributed by atoms with Gasteiger partial charge in [-0.2, -0.15) is 5.10 Å². The van der Waals surface area contributed by atoms with Gasteiger partial charge in [0.25, 0.3) is 0 Å². The molecular formula is C15H19ClN2O. The normalized spacial score (nSPS) is 10.7. The number of hydrogen-bond acceptors (Lipinski definition) is 2. The molecule has 1 aromatic carbocycles. The van der Waals surface area contributed by atoms with E-state index in [9.17, 15) is 0 Å². The first kappa shape index (κ1) is 13.9. The van der Waals surface area contributed by atoms with Crippen molar-refractivity contribution >= 4 is 11.6 Å². The van der Waals surface area contributed by atoms with Crippen molar-refractivity contribution in [3.05, 3.63) is 45.7 Å². The Labute approximate surface area is 118 Å². The van der Waals surface area contributed by atoms with Crippen molar-refractivity contribution in [1.29, 1.82) is 0 Å². The highest BCUT2D eigenvalue weighted by atomic mass is 35.5. The van der Waals surface area contributed by atoms with Gasteiger partial charge in [0.2, 0.25) is 0 Å². The standard InChI is InChI=1S/C15H19ClN2O/c1-10-9-13(16)6-7-15(10)19-8-4-5-14-11(2)17-18-12(14)3/h6-7,9H,4-5,8H2,1-3H3,(H,17,18). The van der Waals surface area contributed by atoms with Crippen LogP contribution >= 0.6 is 11.6 Å². The molecule has 0 saturated carbocycles. The monoisotopic (exact) mass is 278 g/mol. The molecule has 0 aliphatic rings. The largest absolute Gasteiger partial charge is 0.493 e. The Morgan fingerprint density at radius 3 is 2.68 bits per heavy atom. The van der Waals surface area contributed by atoms with Gasteiger partial charge in [0.05, 0.1) is 12.3 Å². The van der Waals surface area contributed by atoms with Gasteiger partial charge in [0, 0.05) is 10.7 Å². The SMILES string of the molecule is Cc1cc(Cl)ccc1OCCCc1c(C)n[nH]c1C. The lowest BCUT2D eigenvalue weighted by molar-refractivity contribution is 0.309. The molecule has 1 heterocycles. The second kappa shape index (κ2) is 6.11. The molecule has 0 saturated heterocycles. The van der Waals surface area contributed by atoms with E-state index < -0.39 is 0 Å². The molecule has 0 bridgehead atoms. The number of hydrogen-bond donors (Lipinski definition) is 1. The van der Waals surface area contributed by atoms with Gasteiger partial charge in [-0.05, 0) is 62.9 Å². The Hall–Kier alpha value is -1.48. The van der Waals surface area contributed by atoms with Crippen LogP contribution in [0.15, 0.2) is 18.2 Å². The molecule has 3 nitrogen and oxygen atoms in total. The first-order valence-corrected chi connectivity index (χ1v) is 6.85. The Bertz CT molecular complexity index is 544. The van der Waals surface area contributed by atoms with Gasteiger partial charge in [-0.15, -0.1) is 0 Å². The van der Waals surface area contributed by atoms with Crippen LogP contribution in [0.1, 0.15) is 28.9 Å². The Balaban J connectivity index is 1.84. The summed E-state index contributed by atoms with van der Waals surface area (Å²) in [5.41, 5.74) is 4.61. The van der Waals surface area contributed by atoms with Gasteiger partial charge in [-0.1, -0.05) is 11.6 Å². The van der Waals surface area contributed by atoms with Gasteiger partial charge in [0.15, 0.2) is 0 Å². The van der Waals surface area contributed by atoms with E-state index in [0.717, 1.165) is 40.6 Å². The molecule has 0 atom stereocenters. The van der Waals surface area contributed by atoms with Crippen molar-refractivity contribution in [1.82, 2.24) is 10.2 Å². The molecule has 0 spiro atoms. The molecule has 1 N–H and O–H groups in total. The summed E-state index contributed by atoms with van der Waals surface area (Å²) in [6.07, 6.45) is 1.96. The van der Waals surface area contributed by atoms with Crippen molar-refractivity contribution in [2.75, 3.05) is 6.61 Å². The summed E-state index contributed by atoms with van der Waals surface area (Å²) >= 11 is 5.91. The average molecular weight is 279 g/mol. The summed E-state index contributed by atoms with van der Waals surface area (Å²) in [6, 6.07) is 5.70. The first-order chi connectivity index (χ1) is 9.08. The van der Waals surface area contributed by atoms with Gasteiger partial charge in [0.1, 0.15) is 5.75 Å². The molecular weight excluding hydrogens is 260 g/mol. The molecule has 1 aromatic heterocycles. The van der Waals surface area contributed by atoms with Crippen molar-refractivity contribution in [3.8, 4) is 5.75 Å². The maximum absolute atomic E-state index is 5.91. The van der Waals surface area contributed by atoms with E-state index in [1.165, 1.54) is 5.56 Å². The summed E-state index contributed by atoms with van der Waals surface area (Å²) in [7, 11) is 0. The fraction of sp³-hybridized carbons (Fsp3) is 0.400. The van der Waals surface area contributed by atoms with Crippen LogP contribution in [-0.4, -0.2) is 16.8 Å². The number of aryl methyl sites for hydroxylation is 3. The van der Waals surface area contributed by atoms with Crippen LogP contribution in [0, 0.1) is 20.8 Å².